The van der Waals surface area contributed by atoms with Crippen LogP contribution in [0.1, 0.15) is 25.5 Å². The Bertz CT molecular complexity index is 416. The largest absolute Gasteiger partial charge is 0.369 e. The Kier molecular flexibility index (Phi) is 4.48. The number of hydrogen-bond donors (Lipinski definition) is 1. The molecule has 3 atom stereocenters. The first-order chi connectivity index (χ1) is 9.04. The molecule has 19 heavy (non-hydrogen) atoms. The highest BCUT2D eigenvalue weighted by Gasteiger charge is 2.32. The fraction of sp³-hybridized carbons (Fsp3) is 0.625. The Morgan fingerprint density at radius 2 is 1.95 bits per heavy atom. The molecule has 3 unspecified atom stereocenters. The fourth-order valence-corrected chi connectivity index (χ4v) is 3.12. The van der Waals surface area contributed by atoms with Gasteiger partial charge in [-0.3, -0.25) is 0 Å². The van der Waals surface area contributed by atoms with Crippen molar-refractivity contribution < 1.29 is 0 Å². The van der Waals surface area contributed by atoms with Crippen LogP contribution in [0.5, 0.6) is 0 Å². The Morgan fingerprint density at radius 3 is 2.53 bits per heavy atom. The minimum atomic E-state index is 0.393. The molecule has 1 N–H and O–H groups in total. The first-order valence-electron chi connectivity index (χ1n) is 7.22. The Balaban J connectivity index is 2.24. The third-order valence-corrected chi connectivity index (χ3v) is 4.41. The van der Waals surface area contributed by atoms with Gasteiger partial charge < -0.3 is 15.1 Å². The molecule has 0 radical (unpaired) electrons. The van der Waals surface area contributed by atoms with Crippen molar-refractivity contribution in [2.45, 2.75) is 25.9 Å². The summed E-state index contributed by atoms with van der Waals surface area (Å²) in [6.45, 7) is 6.86. The van der Waals surface area contributed by atoms with Gasteiger partial charge in [0.1, 0.15) is 0 Å². The monoisotopic (exact) mass is 261 g/mol. The van der Waals surface area contributed by atoms with Crippen LogP contribution in [0, 0.1) is 5.92 Å². The van der Waals surface area contributed by atoms with E-state index in [0.717, 1.165) is 13.1 Å². The van der Waals surface area contributed by atoms with Gasteiger partial charge in [0.05, 0.1) is 0 Å². The van der Waals surface area contributed by atoms with Crippen LogP contribution in [0.15, 0.2) is 24.3 Å². The number of nitrogens with one attached hydrogen (secondary N) is 1. The van der Waals surface area contributed by atoms with E-state index in [-0.39, 0.29) is 0 Å². The molecule has 1 fully saturated rings. The van der Waals surface area contributed by atoms with Crippen molar-refractivity contribution in [3.8, 4) is 0 Å². The summed E-state index contributed by atoms with van der Waals surface area (Å²) in [4.78, 5) is 4.90. The molecule has 0 amide bonds. The predicted octanol–water partition coefficient (Wildman–Crippen LogP) is 2.35. The van der Waals surface area contributed by atoms with Gasteiger partial charge in [-0.25, -0.2) is 0 Å². The van der Waals surface area contributed by atoms with Crippen molar-refractivity contribution >= 4 is 5.69 Å². The summed E-state index contributed by atoms with van der Waals surface area (Å²) in [7, 11) is 6.40. The molecule has 0 bridgehead atoms. The van der Waals surface area contributed by atoms with E-state index in [0.29, 0.717) is 18.0 Å². The highest BCUT2D eigenvalue weighted by atomic mass is 15.2. The molecule has 1 saturated heterocycles. The number of anilines is 1. The topological polar surface area (TPSA) is 18.5 Å². The number of para-hydroxylation sites is 1. The molecule has 3 heteroatoms. The van der Waals surface area contributed by atoms with Crippen LogP contribution in [0.25, 0.3) is 0 Å². The average Bonchev–Trinajstić information content (AvgIpc) is 2.80. The van der Waals surface area contributed by atoms with Crippen LogP contribution >= 0.6 is 0 Å². The maximum Gasteiger partial charge on any atom is 0.0415 e. The van der Waals surface area contributed by atoms with E-state index < -0.39 is 0 Å². The standard InChI is InChI=1S/C16H27N3/c1-12-10-19(11-16(12)18(4)5)15-9-7-6-8-14(15)13(2)17-3/h6-9,12-13,16-17H,10-11H2,1-5H3. The van der Waals surface area contributed by atoms with Crippen molar-refractivity contribution in [1.82, 2.24) is 10.2 Å². The van der Waals surface area contributed by atoms with Gasteiger partial charge in [-0.1, -0.05) is 25.1 Å². The van der Waals surface area contributed by atoms with Crippen molar-refractivity contribution in [3.63, 3.8) is 0 Å². The van der Waals surface area contributed by atoms with E-state index in [1.807, 2.05) is 7.05 Å². The van der Waals surface area contributed by atoms with Crippen molar-refractivity contribution in [2.75, 3.05) is 39.1 Å². The van der Waals surface area contributed by atoms with Crippen LogP contribution in [0.3, 0.4) is 0 Å². The SMILES string of the molecule is CNC(C)c1ccccc1N1CC(C)C(N(C)C)C1. The van der Waals surface area contributed by atoms with Crippen LogP contribution in [0.2, 0.25) is 0 Å². The molecule has 1 aromatic carbocycles. The van der Waals surface area contributed by atoms with Gasteiger partial charge in [-0.15, -0.1) is 0 Å². The second kappa shape index (κ2) is 5.93. The fourth-order valence-electron chi connectivity index (χ4n) is 3.12. The van der Waals surface area contributed by atoms with Gasteiger partial charge in [0.2, 0.25) is 0 Å². The Hall–Kier alpha value is -1.06. The summed E-state index contributed by atoms with van der Waals surface area (Å²) in [5.74, 6) is 0.716. The van der Waals surface area contributed by atoms with Gasteiger partial charge in [-0.05, 0) is 45.6 Å². The lowest BCUT2D eigenvalue weighted by atomic mass is 10.1. The molecule has 0 saturated carbocycles. The second-order valence-electron chi connectivity index (χ2n) is 5.98. The smallest absolute Gasteiger partial charge is 0.0415 e. The van der Waals surface area contributed by atoms with Gasteiger partial charge in [0, 0.05) is 30.9 Å². The Morgan fingerprint density at radius 1 is 1.26 bits per heavy atom. The third kappa shape index (κ3) is 2.93. The zero-order valence-corrected chi connectivity index (χ0v) is 12.9. The minimum absolute atomic E-state index is 0.393. The summed E-state index contributed by atoms with van der Waals surface area (Å²) in [6, 6.07) is 9.82. The molecule has 1 aliphatic heterocycles. The molecule has 0 aromatic heterocycles. The number of benzene rings is 1. The molecule has 1 heterocycles. The van der Waals surface area contributed by atoms with Gasteiger partial charge in [0.15, 0.2) is 0 Å². The molecule has 106 valence electrons. The van der Waals surface area contributed by atoms with Gasteiger partial charge in [0.25, 0.3) is 0 Å². The normalized spacial score (nSPS) is 25.1. The number of rotatable bonds is 4. The summed E-state index contributed by atoms with van der Waals surface area (Å²) < 4.78 is 0. The van der Waals surface area contributed by atoms with Gasteiger partial charge >= 0.3 is 0 Å². The lowest BCUT2D eigenvalue weighted by Gasteiger charge is -2.26. The molecule has 1 aromatic rings. The third-order valence-electron chi connectivity index (χ3n) is 4.41. The number of nitrogens with zero attached hydrogens (tertiary/aromatic N) is 2. The zero-order chi connectivity index (χ0) is 14.0. The van der Waals surface area contributed by atoms with Crippen LogP contribution in [0.4, 0.5) is 5.69 Å². The average molecular weight is 261 g/mol. The van der Waals surface area contributed by atoms with Crippen molar-refractivity contribution in [3.05, 3.63) is 29.8 Å². The van der Waals surface area contributed by atoms with E-state index in [4.69, 9.17) is 0 Å². The summed E-state index contributed by atoms with van der Waals surface area (Å²) in [5.41, 5.74) is 2.79. The summed E-state index contributed by atoms with van der Waals surface area (Å²) in [5, 5.41) is 3.35. The van der Waals surface area contributed by atoms with Crippen molar-refractivity contribution in [1.29, 1.82) is 0 Å². The Labute approximate surface area is 117 Å². The van der Waals surface area contributed by atoms with Crippen molar-refractivity contribution in [2.24, 2.45) is 5.92 Å². The number of likely N-dealkylation sites (N-methyl/N-ethyl adjacent to an activating group) is 1. The second-order valence-corrected chi connectivity index (χ2v) is 5.98. The predicted molar refractivity (Wildman–Crippen MR) is 82.8 cm³/mol. The highest BCUT2D eigenvalue weighted by Crippen LogP contribution is 2.31. The molecule has 2 rings (SSSR count). The molecule has 3 nitrogen and oxygen atoms in total. The summed E-state index contributed by atoms with van der Waals surface area (Å²) >= 11 is 0. The molecule has 0 spiro atoms. The molecular weight excluding hydrogens is 234 g/mol. The van der Waals surface area contributed by atoms with E-state index in [1.165, 1.54) is 11.3 Å². The maximum absolute atomic E-state index is 3.35. The zero-order valence-electron chi connectivity index (χ0n) is 12.9. The van der Waals surface area contributed by atoms with E-state index in [9.17, 15) is 0 Å². The van der Waals surface area contributed by atoms with E-state index in [1.54, 1.807) is 0 Å². The summed E-state index contributed by atoms with van der Waals surface area (Å²) in [6.07, 6.45) is 0. The minimum Gasteiger partial charge on any atom is -0.369 e. The molecule has 1 aliphatic rings. The van der Waals surface area contributed by atoms with E-state index in [2.05, 4.69) is 67.3 Å². The molecular formula is C16H27N3. The lowest BCUT2D eigenvalue weighted by molar-refractivity contribution is 0.266. The van der Waals surface area contributed by atoms with Crippen LogP contribution < -0.4 is 10.2 Å². The lowest BCUT2D eigenvalue weighted by Crippen LogP contribution is -2.34. The first-order valence-corrected chi connectivity index (χ1v) is 7.22. The van der Waals surface area contributed by atoms with E-state index >= 15 is 0 Å². The van der Waals surface area contributed by atoms with Gasteiger partial charge in [-0.2, -0.15) is 0 Å². The maximum atomic E-state index is 3.35. The van der Waals surface area contributed by atoms with Crippen LogP contribution in [-0.2, 0) is 0 Å². The highest BCUT2D eigenvalue weighted by molar-refractivity contribution is 5.56. The van der Waals surface area contributed by atoms with Crippen LogP contribution in [-0.4, -0.2) is 45.2 Å². The first kappa shape index (κ1) is 14.4. The molecule has 0 aliphatic carbocycles. The quantitative estimate of drug-likeness (QED) is 0.897. The number of hydrogen-bond acceptors (Lipinski definition) is 3.